The number of aromatic nitrogens is 1. The average Bonchev–Trinajstić information content (AvgIpc) is 2.82. The van der Waals surface area contributed by atoms with Crippen molar-refractivity contribution in [3.63, 3.8) is 0 Å². The molecular formula is C20H19FN2. The van der Waals surface area contributed by atoms with Crippen molar-refractivity contribution in [3.05, 3.63) is 82.9 Å². The Morgan fingerprint density at radius 2 is 1.57 bits per heavy atom. The highest BCUT2D eigenvalue weighted by Crippen LogP contribution is 2.21. The minimum atomic E-state index is -0.225. The first-order valence-electron chi connectivity index (χ1n) is 7.60. The molecule has 0 saturated heterocycles. The normalized spacial score (nSPS) is 11.3. The van der Waals surface area contributed by atoms with Gasteiger partial charge in [0.25, 0.3) is 0 Å². The second-order valence-corrected chi connectivity index (χ2v) is 5.73. The van der Waals surface area contributed by atoms with E-state index in [0.717, 1.165) is 28.3 Å². The number of halogens is 1. The fraction of sp³-hybridized carbons (Fsp3) is 0.150. The standard InChI is InChI=1S/C20H19FN2/c1-14-4-8-19(9-5-14)22-13-17-12-15(2)23(16(17)3)20-10-6-18(21)7-11-20/h4-13H,1-3H3. The van der Waals surface area contributed by atoms with Crippen LogP contribution < -0.4 is 0 Å². The third kappa shape index (κ3) is 3.24. The van der Waals surface area contributed by atoms with Crippen LogP contribution in [-0.2, 0) is 0 Å². The summed E-state index contributed by atoms with van der Waals surface area (Å²) in [5, 5.41) is 0. The first-order chi connectivity index (χ1) is 11.0. The maximum Gasteiger partial charge on any atom is 0.123 e. The Morgan fingerprint density at radius 1 is 0.913 bits per heavy atom. The molecule has 0 saturated carbocycles. The molecule has 0 unspecified atom stereocenters. The van der Waals surface area contributed by atoms with Gasteiger partial charge in [0.2, 0.25) is 0 Å². The molecule has 3 aromatic rings. The van der Waals surface area contributed by atoms with Gasteiger partial charge in [0.1, 0.15) is 5.82 Å². The molecule has 0 radical (unpaired) electrons. The van der Waals surface area contributed by atoms with Crippen molar-refractivity contribution in [1.29, 1.82) is 0 Å². The van der Waals surface area contributed by atoms with Gasteiger partial charge >= 0.3 is 0 Å². The van der Waals surface area contributed by atoms with Gasteiger partial charge in [0.15, 0.2) is 0 Å². The highest BCUT2D eigenvalue weighted by atomic mass is 19.1. The summed E-state index contributed by atoms with van der Waals surface area (Å²) in [6.45, 7) is 6.15. The minimum absolute atomic E-state index is 0.225. The Balaban J connectivity index is 1.94. The largest absolute Gasteiger partial charge is 0.318 e. The van der Waals surface area contributed by atoms with Gasteiger partial charge in [0, 0.05) is 28.9 Å². The van der Waals surface area contributed by atoms with Crippen LogP contribution in [0.1, 0.15) is 22.5 Å². The van der Waals surface area contributed by atoms with Crippen LogP contribution in [0.5, 0.6) is 0 Å². The zero-order valence-electron chi connectivity index (χ0n) is 13.5. The first kappa shape index (κ1) is 15.2. The molecule has 0 amide bonds. The summed E-state index contributed by atoms with van der Waals surface area (Å²) in [5.41, 5.74) is 6.36. The summed E-state index contributed by atoms with van der Waals surface area (Å²) >= 11 is 0. The summed E-state index contributed by atoms with van der Waals surface area (Å²) in [4.78, 5) is 4.54. The molecule has 2 nitrogen and oxygen atoms in total. The second-order valence-electron chi connectivity index (χ2n) is 5.73. The van der Waals surface area contributed by atoms with E-state index in [9.17, 15) is 4.39 Å². The molecule has 0 aliphatic carbocycles. The van der Waals surface area contributed by atoms with Crippen LogP contribution in [0.15, 0.2) is 59.6 Å². The van der Waals surface area contributed by atoms with E-state index in [2.05, 4.69) is 34.7 Å². The first-order valence-corrected chi connectivity index (χ1v) is 7.60. The number of aliphatic imine (C=N–C) groups is 1. The molecule has 3 rings (SSSR count). The number of hydrogen-bond acceptors (Lipinski definition) is 1. The Kier molecular flexibility index (Phi) is 4.11. The van der Waals surface area contributed by atoms with Crippen molar-refractivity contribution in [1.82, 2.24) is 4.57 Å². The number of nitrogens with zero attached hydrogens (tertiary/aromatic N) is 2. The zero-order chi connectivity index (χ0) is 16.4. The molecule has 116 valence electrons. The second kappa shape index (κ2) is 6.21. The Bertz CT molecular complexity index is 841. The van der Waals surface area contributed by atoms with E-state index >= 15 is 0 Å². The van der Waals surface area contributed by atoms with Crippen molar-refractivity contribution < 1.29 is 4.39 Å². The minimum Gasteiger partial charge on any atom is -0.318 e. The van der Waals surface area contributed by atoms with E-state index in [1.807, 2.05) is 32.2 Å². The van der Waals surface area contributed by atoms with Crippen LogP contribution in [0.3, 0.4) is 0 Å². The lowest BCUT2D eigenvalue weighted by Crippen LogP contribution is -1.99. The van der Waals surface area contributed by atoms with E-state index in [1.165, 1.54) is 17.7 Å². The van der Waals surface area contributed by atoms with E-state index in [-0.39, 0.29) is 5.82 Å². The molecule has 0 N–H and O–H groups in total. The van der Waals surface area contributed by atoms with Crippen LogP contribution in [0.25, 0.3) is 5.69 Å². The van der Waals surface area contributed by atoms with Gasteiger partial charge in [0.05, 0.1) is 5.69 Å². The fourth-order valence-electron chi connectivity index (χ4n) is 2.68. The summed E-state index contributed by atoms with van der Waals surface area (Å²) in [6.07, 6.45) is 1.88. The van der Waals surface area contributed by atoms with Crippen LogP contribution in [0.4, 0.5) is 10.1 Å². The molecule has 2 aromatic carbocycles. The predicted molar refractivity (Wildman–Crippen MR) is 93.6 cm³/mol. The third-order valence-electron chi connectivity index (χ3n) is 3.94. The number of rotatable bonds is 3. The van der Waals surface area contributed by atoms with Gasteiger partial charge < -0.3 is 4.57 Å². The van der Waals surface area contributed by atoms with Crippen molar-refractivity contribution in [2.45, 2.75) is 20.8 Å². The molecule has 1 heterocycles. The Morgan fingerprint density at radius 3 is 2.22 bits per heavy atom. The third-order valence-corrected chi connectivity index (χ3v) is 3.94. The molecule has 0 aliphatic rings. The lowest BCUT2D eigenvalue weighted by atomic mass is 10.2. The zero-order valence-corrected chi connectivity index (χ0v) is 13.5. The highest BCUT2D eigenvalue weighted by Gasteiger charge is 2.09. The number of benzene rings is 2. The van der Waals surface area contributed by atoms with Crippen LogP contribution in [0.2, 0.25) is 0 Å². The van der Waals surface area contributed by atoms with E-state index in [0.29, 0.717) is 0 Å². The summed E-state index contributed by atoms with van der Waals surface area (Å²) < 4.78 is 15.2. The smallest absolute Gasteiger partial charge is 0.123 e. The van der Waals surface area contributed by atoms with Gasteiger partial charge in [-0.25, -0.2) is 4.39 Å². The number of hydrogen-bond donors (Lipinski definition) is 0. The van der Waals surface area contributed by atoms with Crippen LogP contribution in [-0.4, -0.2) is 10.8 Å². The summed E-state index contributed by atoms with van der Waals surface area (Å²) in [6, 6.07) is 16.7. The molecule has 0 bridgehead atoms. The topological polar surface area (TPSA) is 17.3 Å². The maximum atomic E-state index is 13.1. The van der Waals surface area contributed by atoms with Gasteiger partial charge in [-0.2, -0.15) is 0 Å². The molecule has 3 heteroatoms. The maximum absolute atomic E-state index is 13.1. The summed E-state index contributed by atoms with van der Waals surface area (Å²) in [7, 11) is 0. The van der Waals surface area contributed by atoms with Crippen molar-refractivity contribution >= 4 is 11.9 Å². The van der Waals surface area contributed by atoms with Gasteiger partial charge in [-0.15, -0.1) is 0 Å². The van der Waals surface area contributed by atoms with E-state index < -0.39 is 0 Å². The SMILES string of the molecule is Cc1ccc(N=Cc2cc(C)n(-c3ccc(F)cc3)c2C)cc1. The predicted octanol–water partition coefficient (Wildman–Crippen LogP) is 5.29. The molecule has 0 spiro atoms. The molecular weight excluding hydrogens is 287 g/mol. The van der Waals surface area contributed by atoms with E-state index in [1.54, 1.807) is 12.1 Å². The number of aryl methyl sites for hydroxylation is 2. The van der Waals surface area contributed by atoms with Crippen molar-refractivity contribution in [2.75, 3.05) is 0 Å². The van der Waals surface area contributed by atoms with E-state index in [4.69, 9.17) is 0 Å². The highest BCUT2D eigenvalue weighted by molar-refractivity contribution is 5.84. The molecule has 0 fully saturated rings. The molecule has 0 aliphatic heterocycles. The van der Waals surface area contributed by atoms with Crippen LogP contribution in [0, 0.1) is 26.6 Å². The average molecular weight is 306 g/mol. The summed E-state index contributed by atoms with van der Waals surface area (Å²) in [5.74, 6) is -0.225. The van der Waals surface area contributed by atoms with Crippen molar-refractivity contribution in [3.8, 4) is 5.69 Å². The monoisotopic (exact) mass is 306 g/mol. The van der Waals surface area contributed by atoms with Gasteiger partial charge in [-0.1, -0.05) is 17.7 Å². The van der Waals surface area contributed by atoms with Crippen LogP contribution >= 0.6 is 0 Å². The molecule has 0 atom stereocenters. The van der Waals surface area contributed by atoms with Gasteiger partial charge in [-0.3, -0.25) is 4.99 Å². The quantitative estimate of drug-likeness (QED) is 0.585. The lowest BCUT2D eigenvalue weighted by Gasteiger charge is -2.09. The van der Waals surface area contributed by atoms with Crippen molar-refractivity contribution in [2.24, 2.45) is 4.99 Å². The Hall–Kier alpha value is -2.68. The fourth-order valence-corrected chi connectivity index (χ4v) is 2.68. The molecule has 1 aromatic heterocycles. The lowest BCUT2D eigenvalue weighted by molar-refractivity contribution is 0.627. The van der Waals surface area contributed by atoms with Gasteiger partial charge in [-0.05, 0) is 63.2 Å². The molecule has 23 heavy (non-hydrogen) atoms. The Labute approximate surface area is 135 Å².